The van der Waals surface area contributed by atoms with Gasteiger partial charge in [0.25, 0.3) is 5.91 Å². The van der Waals surface area contributed by atoms with Crippen LogP contribution in [0.4, 0.5) is 0 Å². The lowest BCUT2D eigenvalue weighted by molar-refractivity contribution is 0.0919. The molecule has 0 aromatic carbocycles. The minimum absolute atomic E-state index is 0.103. The molecule has 0 aliphatic carbocycles. The van der Waals surface area contributed by atoms with Crippen LogP contribution in [-0.4, -0.2) is 30.5 Å². The van der Waals surface area contributed by atoms with E-state index in [1.54, 1.807) is 12.3 Å². The van der Waals surface area contributed by atoms with Gasteiger partial charge in [0.15, 0.2) is 0 Å². The Labute approximate surface area is 116 Å². The molecule has 1 aromatic rings. The third-order valence-corrected chi connectivity index (χ3v) is 3.79. The molecule has 5 heteroatoms. The van der Waals surface area contributed by atoms with Crippen molar-refractivity contribution in [1.29, 1.82) is 0 Å². The molecule has 1 saturated heterocycles. The predicted octanol–water partition coefficient (Wildman–Crippen LogP) is 1.96. The van der Waals surface area contributed by atoms with Gasteiger partial charge in [0.1, 0.15) is 5.69 Å². The molecule has 1 aliphatic heterocycles. The van der Waals surface area contributed by atoms with Gasteiger partial charge in [-0.1, -0.05) is 6.92 Å². The second-order valence-corrected chi connectivity index (χ2v) is 6.05. The lowest BCUT2D eigenvalue weighted by Crippen LogP contribution is -2.45. The molecular weight excluding hydrogens is 294 g/mol. The Kier molecular flexibility index (Phi) is 4.35. The van der Waals surface area contributed by atoms with Crippen molar-refractivity contribution >= 4 is 21.8 Å². The highest BCUT2D eigenvalue weighted by Crippen LogP contribution is 2.24. The van der Waals surface area contributed by atoms with E-state index >= 15 is 0 Å². The van der Waals surface area contributed by atoms with Crippen LogP contribution in [0.5, 0.6) is 0 Å². The van der Waals surface area contributed by atoms with Gasteiger partial charge >= 0.3 is 0 Å². The average Bonchev–Trinajstić information content (AvgIpc) is 2.38. The fourth-order valence-electron chi connectivity index (χ4n) is 2.16. The fourth-order valence-corrected chi connectivity index (χ4v) is 2.40. The number of amides is 1. The van der Waals surface area contributed by atoms with Gasteiger partial charge in [-0.05, 0) is 52.9 Å². The molecule has 1 amide bonds. The number of aromatic nitrogens is 1. The van der Waals surface area contributed by atoms with Gasteiger partial charge in [-0.25, -0.2) is 4.98 Å². The van der Waals surface area contributed by atoms with E-state index in [1.165, 1.54) is 6.42 Å². The molecule has 1 fully saturated rings. The predicted molar refractivity (Wildman–Crippen MR) is 74.5 cm³/mol. The van der Waals surface area contributed by atoms with Gasteiger partial charge in [0.05, 0.1) is 0 Å². The normalized spacial score (nSPS) is 23.7. The quantitative estimate of drug-likeness (QED) is 0.897. The Morgan fingerprint density at radius 3 is 3.06 bits per heavy atom. The van der Waals surface area contributed by atoms with Crippen LogP contribution in [-0.2, 0) is 0 Å². The van der Waals surface area contributed by atoms with Gasteiger partial charge < -0.3 is 10.6 Å². The van der Waals surface area contributed by atoms with E-state index in [-0.39, 0.29) is 11.3 Å². The molecule has 1 aliphatic rings. The molecule has 0 bridgehead atoms. The van der Waals surface area contributed by atoms with E-state index in [2.05, 4.69) is 38.5 Å². The summed E-state index contributed by atoms with van der Waals surface area (Å²) in [5, 5.41) is 6.35. The number of carbonyl (C=O) groups excluding carboxylic acids is 1. The van der Waals surface area contributed by atoms with Crippen molar-refractivity contribution in [2.75, 3.05) is 19.6 Å². The van der Waals surface area contributed by atoms with Crippen LogP contribution in [0.2, 0.25) is 0 Å². The van der Waals surface area contributed by atoms with E-state index in [9.17, 15) is 4.79 Å². The summed E-state index contributed by atoms with van der Waals surface area (Å²) in [6, 6.07) is 3.55. The maximum Gasteiger partial charge on any atom is 0.269 e. The summed E-state index contributed by atoms with van der Waals surface area (Å²) in [5.41, 5.74) is 0.620. The van der Waals surface area contributed by atoms with Crippen molar-refractivity contribution in [2.45, 2.75) is 19.8 Å². The molecule has 1 atom stereocenters. The number of piperidine rings is 1. The van der Waals surface area contributed by atoms with E-state index in [0.717, 1.165) is 24.0 Å². The second kappa shape index (κ2) is 5.80. The van der Waals surface area contributed by atoms with Gasteiger partial charge in [0.2, 0.25) is 0 Å². The molecule has 1 unspecified atom stereocenters. The van der Waals surface area contributed by atoms with Crippen molar-refractivity contribution in [2.24, 2.45) is 5.41 Å². The fraction of sp³-hybridized carbons (Fsp3) is 0.538. The Morgan fingerprint density at radius 2 is 2.44 bits per heavy atom. The van der Waals surface area contributed by atoms with Crippen LogP contribution < -0.4 is 10.6 Å². The first kappa shape index (κ1) is 13.5. The number of carbonyl (C=O) groups is 1. The number of hydrogen-bond donors (Lipinski definition) is 2. The van der Waals surface area contributed by atoms with Crippen molar-refractivity contribution in [3.8, 4) is 0 Å². The Bertz CT molecular complexity index is 413. The first-order chi connectivity index (χ1) is 8.59. The van der Waals surface area contributed by atoms with Crippen molar-refractivity contribution in [1.82, 2.24) is 15.6 Å². The zero-order valence-electron chi connectivity index (χ0n) is 10.5. The minimum Gasteiger partial charge on any atom is -0.350 e. The van der Waals surface area contributed by atoms with Gasteiger partial charge in [-0.3, -0.25) is 4.79 Å². The molecule has 0 saturated carbocycles. The number of pyridine rings is 1. The topological polar surface area (TPSA) is 54.0 Å². The highest BCUT2D eigenvalue weighted by atomic mass is 79.9. The Morgan fingerprint density at radius 1 is 1.61 bits per heavy atom. The summed E-state index contributed by atoms with van der Waals surface area (Å²) >= 11 is 3.30. The minimum atomic E-state index is -0.103. The van der Waals surface area contributed by atoms with E-state index < -0.39 is 0 Å². The molecular formula is C13H18BrN3O. The summed E-state index contributed by atoms with van der Waals surface area (Å²) in [4.78, 5) is 16.0. The number of halogens is 1. The SMILES string of the molecule is CC1(CNC(=O)c2ccc(Br)cn2)CCCNC1. The lowest BCUT2D eigenvalue weighted by atomic mass is 9.83. The smallest absolute Gasteiger partial charge is 0.269 e. The zero-order chi connectivity index (χ0) is 13.0. The second-order valence-electron chi connectivity index (χ2n) is 5.14. The number of nitrogens with one attached hydrogen (secondary N) is 2. The van der Waals surface area contributed by atoms with Crippen LogP contribution in [0.3, 0.4) is 0 Å². The first-order valence-corrected chi connectivity index (χ1v) is 6.99. The summed E-state index contributed by atoms with van der Waals surface area (Å²) < 4.78 is 0.877. The van der Waals surface area contributed by atoms with E-state index in [1.807, 2.05) is 6.07 Å². The van der Waals surface area contributed by atoms with Gasteiger partial charge in [-0.15, -0.1) is 0 Å². The van der Waals surface area contributed by atoms with Crippen LogP contribution in [0.15, 0.2) is 22.8 Å². The lowest BCUT2D eigenvalue weighted by Gasteiger charge is -2.34. The zero-order valence-corrected chi connectivity index (χ0v) is 12.1. The maximum absolute atomic E-state index is 11.9. The average molecular weight is 312 g/mol. The highest BCUT2D eigenvalue weighted by molar-refractivity contribution is 9.10. The number of hydrogen-bond acceptors (Lipinski definition) is 3. The molecule has 2 N–H and O–H groups in total. The molecule has 18 heavy (non-hydrogen) atoms. The van der Waals surface area contributed by atoms with Crippen LogP contribution in [0.25, 0.3) is 0 Å². The maximum atomic E-state index is 11.9. The summed E-state index contributed by atoms with van der Waals surface area (Å²) in [7, 11) is 0. The van der Waals surface area contributed by atoms with Crippen LogP contribution in [0.1, 0.15) is 30.3 Å². The summed E-state index contributed by atoms with van der Waals surface area (Å²) in [6.07, 6.45) is 3.95. The molecule has 0 spiro atoms. The third kappa shape index (κ3) is 3.53. The van der Waals surface area contributed by atoms with Crippen molar-refractivity contribution in [3.63, 3.8) is 0 Å². The Balaban J connectivity index is 1.89. The monoisotopic (exact) mass is 311 g/mol. The van der Waals surface area contributed by atoms with Crippen molar-refractivity contribution in [3.05, 3.63) is 28.5 Å². The van der Waals surface area contributed by atoms with Crippen LogP contribution >= 0.6 is 15.9 Å². The third-order valence-electron chi connectivity index (χ3n) is 3.32. The van der Waals surface area contributed by atoms with Gasteiger partial charge in [0, 0.05) is 23.8 Å². The van der Waals surface area contributed by atoms with Crippen molar-refractivity contribution < 1.29 is 4.79 Å². The highest BCUT2D eigenvalue weighted by Gasteiger charge is 2.27. The first-order valence-electron chi connectivity index (χ1n) is 6.20. The molecule has 4 nitrogen and oxygen atoms in total. The van der Waals surface area contributed by atoms with Crippen LogP contribution in [0, 0.1) is 5.41 Å². The molecule has 0 radical (unpaired) electrons. The molecule has 98 valence electrons. The molecule has 1 aromatic heterocycles. The largest absolute Gasteiger partial charge is 0.350 e. The number of rotatable bonds is 3. The number of nitrogens with zero attached hydrogens (tertiary/aromatic N) is 1. The van der Waals surface area contributed by atoms with Gasteiger partial charge in [-0.2, -0.15) is 0 Å². The summed E-state index contributed by atoms with van der Waals surface area (Å²) in [5.74, 6) is -0.103. The van der Waals surface area contributed by atoms with E-state index in [4.69, 9.17) is 0 Å². The van der Waals surface area contributed by atoms with E-state index in [0.29, 0.717) is 12.2 Å². The molecule has 2 heterocycles. The summed E-state index contributed by atoms with van der Waals surface area (Å²) in [6.45, 7) is 4.93. The Hall–Kier alpha value is -0.940. The molecule has 2 rings (SSSR count). The standard InChI is InChI=1S/C13H18BrN3O/c1-13(5-2-6-15-8-13)9-17-12(18)11-4-3-10(14)7-16-11/h3-4,7,15H,2,5-6,8-9H2,1H3,(H,17,18).